The second kappa shape index (κ2) is 9.84. The van der Waals surface area contributed by atoms with Gasteiger partial charge in [-0.05, 0) is 24.3 Å². The zero-order valence-electron chi connectivity index (χ0n) is 15.9. The van der Waals surface area contributed by atoms with Crippen LogP contribution in [0.2, 0.25) is 5.02 Å². The van der Waals surface area contributed by atoms with Crippen LogP contribution in [-0.2, 0) is 4.74 Å². The largest absolute Gasteiger partial charge is 0.378 e. The zero-order chi connectivity index (χ0) is 20.8. The number of hydrogen-bond acceptors (Lipinski definition) is 8. The van der Waals surface area contributed by atoms with Crippen molar-refractivity contribution in [2.75, 3.05) is 41.9 Å². The first-order valence-electron chi connectivity index (χ1n) is 9.32. The maximum absolute atomic E-state index is 6.17. The van der Waals surface area contributed by atoms with Gasteiger partial charge in [0.05, 0.1) is 19.4 Å². The number of ether oxygens (including phenoxy) is 1. The van der Waals surface area contributed by atoms with E-state index in [0.29, 0.717) is 49.2 Å². The maximum Gasteiger partial charge on any atom is 0.250 e. The average Bonchev–Trinajstić information content (AvgIpc) is 2.76. The third-order valence-electron chi connectivity index (χ3n) is 4.27. The normalized spacial score (nSPS) is 14.1. The van der Waals surface area contributed by atoms with E-state index in [0.717, 1.165) is 15.7 Å². The molecule has 0 radical (unpaired) electrons. The molecule has 1 fully saturated rings. The van der Waals surface area contributed by atoms with Crippen LogP contribution in [0, 0.1) is 0 Å². The molecule has 2 N–H and O–H groups in total. The van der Waals surface area contributed by atoms with Gasteiger partial charge in [0.2, 0.25) is 17.8 Å². The van der Waals surface area contributed by atoms with Crippen molar-refractivity contribution in [1.82, 2.24) is 15.0 Å². The monoisotopic (exact) mass is 487 g/mol. The van der Waals surface area contributed by atoms with Crippen molar-refractivity contribution in [2.45, 2.75) is 0 Å². The third-order valence-corrected chi connectivity index (χ3v) is 5.11. The van der Waals surface area contributed by atoms with Gasteiger partial charge in [0.1, 0.15) is 0 Å². The van der Waals surface area contributed by atoms with Gasteiger partial charge in [-0.25, -0.2) is 5.43 Å². The maximum atomic E-state index is 6.17. The van der Waals surface area contributed by atoms with E-state index < -0.39 is 0 Å². The molecule has 10 heteroatoms. The molecule has 4 rings (SSSR count). The molecule has 0 atom stereocenters. The number of morpholine rings is 1. The summed E-state index contributed by atoms with van der Waals surface area (Å²) in [5, 5.41) is 8.06. The molecule has 154 valence electrons. The first-order chi connectivity index (χ1) is 14.7. The molecule has 8 nitrogen and oxygen atoms in total. The van der Waals surface area contributed by atoms with E-state index in [2.05, 4.69) is 51.6 Å². The van der Waals surface area contributed by atoms with Crippen LogP contribution in [0.3, 0.4) is 0 Å². The first kappa shape index (κ1) is 20.5. The van der Waals surface area contributed by atoms with Crippen LogP contribution in [0.5, 0.6) is 0 Å². The summed E-state index contributed by atoms with van der Waals surface area (Å²) in [5.41, 5.74) is 4.53. The van der Waals surface area contributed by atoms with Crippen molar-refractivity contribution in [1.29, 1.82) is 0 Å². The highest BCUT2D eigenvalue weighted by Gasteiger charge is 2.16. The van der Waals surface area contributed by atoms with Gasteiger partial charge in [0.15, 0.2) is 0 Å². The summed E-state index contributed by atoms with van der Waals surface area (Å²) in [6, 6.07) is 15.2. The van der Waals surface area contributed by atoms with Gasteiger partial charge >= 0.3 is 0 Å². The number of hydrogen-bond donors (Lipinski definition) is 2. The van der Waals surface area contributed by atoms with E-state index in [-0.39, 0.29) is 0 Å². The van der Waals surface area contributed by atoms with Gasteiger partial charge in [0, 0.05) is 33.8 Å². The van der Waals surface area contributed by atoms with E-state index >= 15 is 0 Å². The number of benzene rings is 2. The molecule has 0 amide bonds. The van der Waals surface area contributed by atoms with Gasteiger partial charge in [-0.15, -0.1) is 0 Å². The van der Waals surface area contributed by atoms with Crippen LogP contribution >= 0.6 is 27.5 Å². The third kappa shape index (κ3) is 5.44. The Balaban J connectivity index is 1.58. The Morgan fingerprint density at radius 1 is 1.03 bits per heavy atom. The lowest BCUT2D eigenvalue weighted by molar-refractivity contribution is 0.122. The number of anilines is 4. The van der Waals surface area contributed by atoms with E-state index in [9.17, 15) is 0 Å². The molecule has 0 spiro atoms. The molecule has 2 aromatic carbocycles. The lowest BCUT2D eigenvalue weighted by Crippen LogP contribution is -2.37. The number of halogens is 2. The van der Waals surface area contributed by atoms with Crippen molar-refractivity contribution in [3.8, 4) is 0 Å². The molecule has 30 heavy (non-hydrogen) atoms. The topological polar surface area (TPSA) is 87.6 Å². The Bertz CT molecular complexity index is 1040. The number of rotatable bonds is 6. The summed E-state index contributed by atoms with van der Waals surface area (Å²) in [5.74, 6) is 1.30. The summed E-state index contributed by atoms with van der Waals surface area (Å²) in [6.45, 7) is 2.69. The lowest BCUT2D eigenvalue weighted by atomic mass is 10.2. The van der Waals surface area contributed by atoms with Gasteiger partial charge in [-0.3, -0.25) is 0 Å². The van der Waals surface area contributed by atoms with Crippen LogP contribution in [0.25, 0.3) is 0 Å². The predicted octanol–water partition coefficient (Wildman–Crippen LogP) is 4.31. The molecule has 0 unspecified atom stereocenters. The Morgan fingerprint density at radius 2 is 1.83 bits per heavy atom. The fourth-order valence-corrected chi connectivity index (χ4v) is 3.39. The molecule has 1 aliphatic heterocycles. The van der Waals surface area contributed by atoms with Gasteiger partial charge < -0.3 is 15.0 Å². The highest BCUT2D eigenvalue weighted by atomic mass is 79.9. The minimum Gasteiger partial charge on any atom is -0.378 e. The number of nitrogens with one attached hydrogen (secondary N) is 2. The molecule has 1 saturated heterocycles. The molecule has 1 aliphatic rings. The number of hydrazone groups is 1. The van der Waals surface area contributed by atoms with Gasteiger partial charge in [0.25, 0.3) is 0 Å². The quantitative estimate of drug-likeness (QED) is 0.395. The molecule has 0 aliphatic carbocycles. The summed E-state index contributed by atoms with van der Waals surface area (Å²) in [4.78, 5) is 15.6. The van der Waals surface area contributed by atoms with Crippen LogP contribution in [-0.4, -0.2) is 47.5 Å². The van der Waals surface area contributed by atoms with Crippen molar-refractivity contribution < 1.29 is 4.74 Å². The van der Waals surface area contributed by atoms with Gasteiger partial charge in [-0.2, -0.15) is 20.1 Å². The summed E-state index contributed by atoms with van der Waals surface area (Å²) < 4.78 is 6.39. The molecule has 3 aromatic rings. The lowest BCUT2D eigenvalue weighted by Gasteiger charge is -2.27. The fourth-order valence-electron chi connectivity index (χ4n) is 2.81. The van der Waals surface area contributed by atoms with Crippen LogP contribution in [0.1, 0.15) is 5.56 Å². The van der Waals surface area contributed by atoms with Crippen LogP contribution in [0.15, 0.2) is 58.1 Å². The summed E-state index contributed by atoms with van der Waals surface area (Å²) >= 11 is 9.64. The van der Waals surface area contributed by atoms with Crippen molar-refractivity contribution in [3.63, 3.8) is 0 Å². The van der Waals surface area contributed by atoms with E-state index in [1.165, 1.54) is 0 Å². The number of aromatic nitrogens is 3. The molecular weight excluding hydrogens is 470 g/mol. The SMILES string of the molecule is Clc1ccccc1/C=N/Nc1nc(Nc2cccc(Br)c2)nc(N2CCOCC2)n1. The van der Waals surface area contributed by atoms with Crippen molar-refractivity contribution in [2.24, 2.45) is 5.10 Å². The molecule has 2 heterocycles. The molecule has 0 saturated carbocycles. The minimum absolute atomic E-state index is 0.326. The van der Waals surface area contributed by atoms with E-state index in [4.69, 9.17) is 16.3 Å². The Hall–Kier alpha value is -2.75. The second-order valence-electron chi connectivity index (χ2n) is 6.41. The fraction of sp³-hybridized carbons (Fsp3) is 0.200. The smallest absolute Gasteiger partial charge is 0.250 e. The highest BCUT2D eigenvalue weighted by molar-refractivity contribution is 9.10. The second-order valence-corrected chi connectivity index (χ2v) is 7.73. The average molecular weight is 489 g/mol. The number of nitrogens with zero attached hydrogens (tertiary/aromatic N) is 5. The Kier molecular flexibility index (Phi) is 6.73. The Labute approximate surface area is 187 Å². The van der Waals surface area contributed by atoms with Crippen LogP contribution in [0.4, 0.5) is 23.5 Å². The van der Waals surface area contributed by atoms with Crippen molar-refractivity contribution >= 4 is 57.3 Å². The molecule has 0 bridgehead atoms. The van der Waals surface area contributed by atoms with E-state index in [1.54, 1.807) is 6.21 Å². The zero-order valence-corrected chi connectivity index (χ0v) is 18.3. The van der Waals surface area contributed by atoms with E-state index in [1.807, 2.05) is 48.5 Å². The minimum atomic E-state index is 0.326. The highest BCUT2D eigenvalue weighted by Crippen LogP contribution is 2.21. The van der Waals surface area contributed by atoms with Crippen molar-refractivity contribution in [3.05, 3.63) is 63.6 Å². The molecular formula is C20H19BrClN7O. The van der Waals surface area contributed by atoms with Gasteiger partial charge in [-0.1, -0.05) is 51.8 Å². The predicted molar refractivity (Wildman–Crippen MR) is 123 cm³/mol. The van der Waals surface area contributed by atoms with Crippen LogP contribution < -0.4 is 15.6 Å². The Morgan fingerprint density at radius 3 is 2.63 bits per heavy atom. The summed E-state index contributed by atoms with van der Waals surface area (Å²) in [6.07, 6.45) is 1.63. The standard InChI is InChI=1S/C20H19BrClN7O/c21-15-5-3-6-16(12-15)24-18-25-19(27-20(26-18)29-8-10-30-11-9-29)28-23-13-14-4-1-2-7-17(14)22/h1-7,12-13H,8-11H2,(H2,24,25,26,27,28)/b23-13+. The first-order valence-corrected chi connectivity index (χ1v) is 10.5. The molecule has 1 aromatic heterocycles. The summed E-state index contributed by atoms with van der Waals surface area (Å²) in [7, 11) is 0.